The van der Waals surface area contributed by atoms with Crippen molar-refractivity contribution in [2.75, 3.05) is 79.3 Å². The van der Waals surface area contributed by atoms with Crippen LogP contribution in [-0.4, -0.2) is 144 Å². The molecule has 0 fully saturated rings. The highest BCUT2D eigenvalue weighted by atomic mass is 16.7. The summed E-state index contributed by atoms with van der Waals surface area (Å²) in [6.07, 6.45) is -0.200. The minimum atomic E-state index is -0.878. The van der Waals surface area contributed by atoms with Crippen LogP contribution in [0, 0.1) is 5.92 Å². The Labute approximate surface area is 270 Å². The molecular formula is C32H62O13. The van der Waals surface area contributed by atoms with Crippen molar-refractivity contribution in [1.29, 1.82) is 0 Å². The molecule has 0 aromatic heterocycles. The first kappa shape index (κ1) is 43.6. The zero-order valence-electron chi connectivity index (χ0n) is 28.9. The molecule has 268 valence electrons. The average molecular weight is 655 g/mol. The molecule has 8 atom stereocenters. The largest absolute Gasteiger partial charge is 0.508 e. The molecule has 0 heterocycles. The van der Waals surface area contributed by atoms with E-state index in [0.717, 1.165) is 0 Å². The second-order valence-corrected chi connectivity index (χ2v) is 11.5. The summed E-state index contributed by atoms with van der Waals surface area (Å²) < 4.78 is 56.0. The van der Waals surface area contributed by atoms with Crippen molar-refractivity contribution in [3.63, 3.8) is 0 Å². The fourth-order valence-corrected chi connectivity index (χ4v) is 3.29. The van der Waals surface area contributed by atoms with Crippen molar-refractivity contribution in [2.24, 2.45) is 5.92 Å². The fourth-order valence-electron chi connectivity index (χ4n) is 3.29. The molecule has 0 rings (SSSR count). The van der Waals surface area contributed by atoms with Crippen molar-refractivity contribution in [3.8, 4) is 0 Å². The normalized spacial score (nSPS) is 17.2. The first-order chi connectivity index (χ1) is 21.4. The smallest absolute Gasteiger partial charge is 0.434 e. The van der Waals surface area contributed by atoms with Crippen LogP contribution in [0.1, 0.15) is 55.4 Å². The molecule has 0 aromatic rings. The lowest BCUT2D eigenvalue weighted by Crippen LogP contribution is -2.30. The molecule has 8 unspecified atom stereocenters. The fraction of sp³-hybridized carbons (Fsp3) is 0.906. The Hall–Kier alpha value is -1.39. The number of hydrogen-bond acceptors (Lipinski definition) is 13. The van der Waals surface area contributed by atoms with Crippen LogP contribution in [0.2, 0.25) is 0 Å². The second kappa shape index (κ2) is 27.7. The number of hydrogen-bond donors (Lipinski definition) is 2. The van der Waals surface area contributed by atoms with E-state index in [1.165, 1.54) is 0 Å². The topological polar surface area (TPSA) is 150 Å². The maximum atomic E-state index is 11.6. The third kappa shape index (κ3) is 26.4. The summed E-state index contributed by atoms with van der Waals surface area (Å²) in [5.41, 5.74) is 0. The van der Waals surface area contributed by atoms with Gasteiger partial charge in [0.2, 0.25) is 0 Å². The minimum absolute atomic E-state index is 0.00162. The van der Waals surface area contributed by atoms with Gasteiger partial charge in [0, 0.05) is 5.92 Å². The Morgan fingerprint density at radius 3 is 1.04 bits per heavy atom. The highest BCUT2D eigenvalue weighted by Crippen LogP contribution is 2.06. The van der Waals surface area contributed by atoms with Gasteiger partial charge in [0.05, 0.1) is 115 Å². The molecule has 0 spiro atoms. The molecule has 0 aliphatic rings. The van der Waals surface area contributed by atoms with E-state index >= 15 is 0 Å². The van der Waals surface area contributed by atoms with Crippen LogP contribution >= 0.6 is 0 Å². The summed E-state index contributed by atoms with van der Waals surface area (Å²) in [6.45, 7) is 21.8. The van der Waals surface area contributed by atoms with Crippen LogP contribution in [0.5, 0.6) is 0 Å². The number of ether oxygens (including phenoxy) is 10. The predicted molar refractivity (Wildman–Crippen MR) is 168 cm³/mol. The van der Waals surface area contributed by atoms with Gasteiger partial charge >= 0.3 is 6.16 Å². The summed E-state index contributed by atoms with van der Waals surface area (Å²) in [4.78, 5) is 11.6. The van der Waals surface area contributed by atoms with Crippen LogP contribution in [0.3, 0.4) is 0 Å². The zero-order valence-corrected chi connectivity index (χ0v) is 28.9. The first-order valence-electron chi connectivity index (χ1n) is 15.9. The number of rotatable bonds is 30. The molecule has 2 N–H and O–H groups in total. The standard InChI is InChI=1S/C32H62O13/c1-10-11-36-23(2)14-37-24(3)15-38-25(4)16-39-26(5)17-40-27(6)18-41-28(7)19-42-29(8)20-43-30(9)21-44-32(35)45-22-31(12-33)13-34/h10,23-31,33-34H,1,11-22H2,2-9H3. The Kier molecular flexibility index (Phi) is 26.8. The minimum Gasteiger partial charge on any atom is -0.434 e. The van der Waals surface area contributed by atoms with Gasteiger partial charge < -0.3 is 57.6 Å². The maximum Gasteiger partial charge on any atom is 0.508 e. The second-order valence-electron chi connectivity index (χ2n) is 11.5. The molecule has 0 saturated heterocycles. The SMILES string of the molecule is C=CCOC(C)COC(C)COC(C)COC(C)COC(C)COC(C)COC(C)COC(C)COC(=O)OCC(CO)CO. The lowest BCUT2D eigenvalue weighted by molar-refractivity contribution is -0.109. The van der Waals surface area contributed by atoms with E-state index in [2.05, 4.69) is 6.58 Å². The number of carbonyl (C=O) groups is 1. The highest BCUT2D eigenvalue weighted by molar-refractivity contribution is 5.59. The first-order valence-corrected chi connectivity index (χ1v) is 15.9. The third-order valence-corrected chi connectivity index (χ3v) is 6.20. The summed E-state index contributed by atoms with van der Waals surface area (Å²) in [6, 6.07) is 0. The van der Waals surface area contributed by atoms with Crippen molar-refractivity contribution >= 4 is 6.16 Å². The van der Waals surface area contributed by atoms with Gasteiger partial charge in [-0.05, 0) is 55.4 Å². The molecular weight excluding hydrogens is 592 g/mol. The van der Waals surface area contributed by atoms with Crippen molar-refractivity contribution < 1.29 is 62.4 Å². The van der Waals surface area contributed by atoms with E-state index in [-0.39, 0.29) is 75.3 Å². The summed E-state index contributed by atoms with van der Waals surface area (Å²) in [7, 11) is 0. The number of aliphatic hydroxyl groups is 2. The van der Waals surface area contributed by atoms with E-state index in [1.807, 2.05) is 48.5 Å². The van der Waals surface area contributed by atoms with Crippen LogP contribution < -0.4 is 0 Å². The quantitative estimate of drug-likeness (QED) is 0.0863. The van der Waals surface area contributed by atoms with Crippen molar-refractivity contribution in [2.45, 2.75) is 104 Å². The molecule has 0 radical (unpaired) electrons. The monoisotopic (exact) mass is 654 g/mol. The van der Waals surface area contributed by atoms with E-state index in [0.29, 0.717) is 52.9 Å². The van der Waals surface area contributed by atoms with Crippen LogP contribution in [0.15, 0.2) is 12.7 Å². The van der Waals surface area contributed by atoms with Gasteiger partial charge in [-0.3, -0.25) is 0 Å². The van der Waals surface area contributed by atoms with Gasteiger partial charge in [-0.2, -0.15) is 0 Å². The van der Waals surface area contributed by atoms with Gasteiger partial charge in [-0.25, -0.2) is 4.79 Å². The van der Waals surface area contributed by atoms with Gasteiger partial charge in [0.15, 0.2) is 0 Å². The van der Waals surface area contributed by atoms with Crippen molar-refractivity contribution in [3.05, 3.63) is 12.7 Å². The molecule has 0 aliphatic heterocycles. The molecule has 0 bridgehead atoms. The lowest BCUT2D eigenvalue weighted by atomic mass is 10.2. The summed E-state index contributed by atoms with van der Waals surface area (Å²) >= 11 is 0. The molecule has 13 nitrogen and oxygen atoms in total. The molecule has 45 heavy (non-hydrogen) atoms. The Bertz CT molecular complexity index is 709. The summed E-state index contributed by atoms with van der Waals surface area (Å²) in [5.74, 6) is -0.528. The zero-order chi connectivity index (χ0) is 34.0. The molecule has 0 saturated carbocycles. The van der Waals surface area contributed by atoms with Crippen LogP contribution in [0.25, 0.3) is 0 Å². The van der Waals surface area contributed by atoms with E-state index in [1.54, 1.807) is 13.0 Å². The number of aliphatic hydroxyl groups excluding tert-OH is 2. The highest BCUT2D eigenvalue weighted by Gasteiger charge is 2.16. The lowest BCUT2D eigenvalue weighted by Gasteiger charge is -2.23. The van der Waals surface area contributed by atoms with E-state index < -0.39 is 12.1 Å². The molecule has 0 amide bonds. The van der Waals surface area contributed by atoms with Gasteiger partial charge in [-0.1, -0.05) is 6.08 Å². The Morgan fingerprint density at radius 2 is 0.756 bits per heavy atom. The van der Waals surface area contributed by atoms with Crippen LogP contribution in [0.4, 0.5) is 4.79 Å². The maximum absolute atomic E-state index is 11.6. The van der Waals surface area contributed by atoms with Crippen LogP contribution in [-0.2, 0) is 47.4 Å². The van der Waals surface area contributed by atoms with Gasteiger partial charge in [0.25, 0.3) is 0 Å². The van der Waals surface area contributed by atoms with Gasteiger partial charge in [0.1, 0.15) is 13.2 Å². The molecule has 13 heteroatoms. The van der Waals surface area contributed by atoms with Gasteiger partial charge in [-0.15, -0.1) is 6.58 Å². The van der Waals surface area contributed by atoms with E-state index in [4.69, 9.17) is 57.6 Å². The third-order valence-electron chi connectivity index (χ3n) is 6.20. The molecule has 0 aliphatic carbocycles. The average Bonchev–Trinajstić information content (AvgIpc) is 3.03. The summed E-state index contributed by atoms with van der Waals surface area (Å²) in [5, 5.41) is 18.0. The van der Waals surface area contributed by atoms with Crippen molar-refractivity contribution in [1.82, 2.24) is 0 Å². The predicted octanol–water partition coefficient (Wildman–Crippen LogP) is 3.17. The Morgan fingerprint density at radius 1 is 0.489 bits per heavy atom. The number of carbonyl (C=O) groups excluding carboxylic acids is 1. The Balaban J connectivity index is 3.92. The van der Waals surface area contributed by atoms with E-state index in [9.17, 15) is 4.79 Å². The molecule has 0 aromatic carbocycles.